The Hall–Kier alpha value is -1.79. The lowest BCUT2D eigenvalue weighted by Gasteiger charge is -2.08. The molecule has 1 N–H and O–H groups in total. The molecule has 0 heterocycles. The number of benzene rings is 2. The van der Waals surface area contributed by atoms with Crippen molar-refractivity contribution in [2.45, 2.75) is 13.5 Å². The molecular formula is C15H13BrN2. The van der Waals surface area contributed by atoms with E-state index in [1.54, 1.807) is 0 Å². The van der Waals surface area contributed by atoms with Gasteiger partial charge in [-0.2, -0.15) is 5.26 Å². The van der Waals surface area contributed by atoms with Crippen LogP contribution in [0, 0.1) is 18.3 Å². The predicted molar refractivity (Wildman–Crippen MR) is 77.4 cm³/mol. The van der Waals surface area contributed by atoms with Gasteiger partial charge in [-0.25, -0.2) is 0 Å². The zero-order valence-corrected chi connectivity index (χ0v) is 11.7. The van der Waals surface area contributed by atoms with Gasteiger partial charge in [0.15, 0.2) is 0 Å². The lowest BCUT2D eigenvalue weighted by atomic mass is 10.1. The van der Waals surface area contributed by atoms with Gasteiger partial charge in [0.05, 0.1) is 11.6 Å². The van der Waals surface area contributed by atoms with Gasteiger partial charge in [-0.15, -0.1) is 0 Å². The van der Waals surface area contributed by atoms with Gasteiger partial charge in [0.25, 0.3) is 0 Å². The van der Waals surface area contributed by atoms with Crippen molar-refractivity contribution in [2.24, 2.45) is 0 Å². The van der Waals surface area contributed by atoms with E-state index >= 15 is 0 Å². The Morgan fingerprint density at radius 1 is 1.17 bits per heavy atom. The molecule has 90 valence electrons. The summed E-state index contributed by atoms with van der Waals surface area (Å²) in [6.07, 6.45) is 0. The largest absolute Gasteiger partial charge is 0.381 e. The highest BCUT2D eigenvalue weighted by atomic mass is 79.9. The Morgan fingerprint density at radius 3 is 2.50 bits per heavy atom. The summed E-state index contributed by atoms with van der Waals surface area (Å²) in [6, 6.07) is 15.9. The molecule has 3 heteroatoms. The predicted octanol–water partition coefficient (Wildman–Crippen LogP) is 4.24. The number of nitrogens with one attached hydrogen (secondary N) is 1. The van der Waals surface area contributed by atoms with Crippen LogP contribution in [0.15, 0.2) is 46.9 Å². The van der Waals surface area contributed by atoms with Crippen molar-refractivity contribution in [1.82, 2.24) is 0 Å². The third-order valence-electron chi connectivity index (χ3n) is 2.75. The van der Waals surface area contributed by atoms with Crippen LogP contribution in [0.3, 0.4) is 0 Å². The van der Waals surface area contributed by atoms with Crippen molar-refractivity contribution in [2.75, 3.05) is 5.32 Å². The Labute approximate surface area is 115 Å². The molecule has 0 aliphatic rings. The van der Waals surface area contributed by atoms with Crippen molar-refractivity contribution >= 4 is 21.6 Å². The maximum absolute atomic E-state index is 8.72. The summed E-state index contributed by atoms with van der Waals surface area (Å²) in [5.74, 6) is 0. The van der Waals surface area contributed by atoms with E-state index in [-0.39, 0.29) is 0 Å². The SMILES string of the molecule is Cc1ccc(CNc2ccc(C#N)cc2)cc1Br. The summed E-state index contributed by atoms with van der Waals surface area (Å²) in [5, 5.41) is 12.0. The molecule has 2 aromatic rings. The number of rotatable bonds is 3. The van der Waals surface area contributed by atoms with Crippen molar-refractivity contribution < 1.29 is 0 Å². The maximum atomic E-state index is 8.72. The fourth-order valence-electron chi connectivity index (χ4n) is 1.61. The summed E-state index contributed by atoms with van der Waals surface area (Å²) in [5.41, 5.74) is 4.15. The Morgan fingerprint density at radius 2 is 1.89 bits per heavy atom. The van der Waals surface area contributed by atoms with Gasteiger partial charge in [0.1, 0.15) is 0 Å². The molecular weight excluding hydrogens is 288 g/mol. The molecule has 0 radical (unpaired) electrons. The zero-order valence-electron chi connectivity index (χ0n) is 10.1. The quantitative estimate of drug-likeness (QED) is 0.920. The van der Waals surface area contributed by atoms with Crippen LogP contribution in [0.2, 0.25) is 0 Å². The molecule has 0 saturated carbocycles. The highest BCUT2D eigenvalue weighted by molar-refractivity contribution is 9.10. The first-order valence-electron chi connectivity index (χ1n) is 5.68. The van der Waals surface area contributed by atoms with E-state index in [0.717, 1.165) is 16.7 Å². The Kier molecular flexibility index (Phi) is 4.01. The minimum atomic E-state index is 0.679. The topological polar surface area (TPSA) is 35.8 Å². The first-order chi connectivity index (χ1) is 8.69. The molecule has 0 saturated heterocycles. The van der Waals surface area contributed by atoms with Crippen LogP contribution < -0.4 is 5.32 Å². The lowest BCUT2D eigenvalue weighted by molar-refractivity contribution is 1.14. The van der Waals surface area contributed by atoms with E-state index in [1.807, 2.05) is 24.3 Å². The molecule has 2 rings (SSSR count). The standard InChI is InChI=1S/C15H13BrN2/c1-11-2-3-13(8-15(11)16)10-18-14-6-4-12(9-17)5-7-14/h2-8,18H,10H2,1H3. The Bertz CT molecular complexity index is 582. The number of nitrogens with zero attached hydrogens (tertiary/aromatic N) is 1. The molecule has 0 aromatic heterocycles. The van der Waals surface area contributed by atoms with E-state index in [1.165, 1.54) is 11.1 Å². The van der Waals surface area contributed by atoms with Crippen LogP contribution in [0.25, 0.3) is 0 Å². The first kappa shape index (κ1) is 12.7. The molecule has 18 heavy (non-hydrogen) atoms. The first-order valence-corrected chi connectivity index (χ1v) is 6.47. The monoisotopic (exact) mass is 300 g/mol. The van der Waals surface area contributed by atoms with Crippen LogP contribution in [-0.2, 0) is 6.54 Å². The van der Waals surface area contributed by atoms with E-state index < -0.39 is 0 Å². The number of anilines is 1. The average Bonchev–Trinajstić information content (AvgIpc) is 2.41. The molecule has 0 atom stereocenters. The molecule has 0 bridgehead atoms. The van der Waals surface area contributed by atoms with Gasteiger partial charge in [0, 0.05) is 16.7 Å². The molecule has 0 amide bonds. The Balaban J connectivity index is 2.02. The van der Waals surface area contributed by atoms with E-state index in [4.69, 9.17) is 5.26 Å². The maximum Gasteiger partial charge on any atom is 0.0991 e. The number of aryl methyl sites for hydroxylation is 1. The van der Waals surface area contributed by atoms with Gasteiger partial charge >= 0.3 is 0 Å². The summed E-state index contributed by atoms with van der Waals surface area (Å²) < 4.78 is 1.13. The third kappa shape index (κ3) is 3.12. The van der Waals surface area contributed by atoms with Crippen LogP contribution in [-0.4, -0.2) is 0 Å². The second-order valence-corrected chi connectivity index (χ2v) is 4.98. The number of nitriles is 1. The fourth-order valence-corrected chi connectivity index (χ4v) is 2.04. The summed E-state index contributed by atoms with van der Waals surface area (Å²) in [6.45, 7) is 2.84. The summed E-state index contributed by atoms with van der Waals surface area (Å²) >= 11 is 3.53. The van der Waals surface area contributed by atoms with Gasteiger partial charge < -0.3 is 5.32 Å². The van der Waals surface area contributed by atoms with E-state index in [2.05, 4.69) is 52.4 Å². The number of hydrogen-bond donors (Lipinski definition) is 1. The summed E-state index contributed by atoms with van der Waals surface area (Å²) in [4.78, 5) is 0. The number of halogens is 1. The van der Waals surface area contributed by atoms with Crippen molar-refractivity contribution in [3.63, 3.8) is 0 Å². The third-order valence-corrected chi connectivity index (χ3v) is 3.60. The zero-order chi connectivity index (χ0) is 13.0. The minimum absolute atomic E-state index is 0.679. The van der Waals surface area contributed by atoms with E-state index in [0.29, 0.717) is 5.56 Å². The van der Waals surface area contributed by atoms with Gasteiger partial charge in [-0.05, 0) is 48.4 Å². The van der Waals surface area contributed by atoms with Crippen LogP contribution in [0.5, 0.6) is 0 Å². The van der Waals surface area contributed by atoms with Crippen LogP contribution in [0.1, 0.15) is 16.7 Å². The molecule has 0 spiro atoms. The van der Waals surface area contributed by atoms with Gasteiger partial charge in [0.2, 0.25) is 0 Å². The highest BCUT2D eigenvalue weighted by Crippen LogP contribution is 2.18. The molecule has 0 aliphatic carbocycles. The van der Waals surface area contributed by atoms with Crippen molar-refractivity contribution in [3.05, 3.63) is 63.6 Å². The molecule has 0 unspecified atom stereocenters. The minimum Gasteiger partial charge on any atom is -0.381 e. The normalized spacial score (nSPS) is 9.83. The number of hydrogen-bond acceptors (Lipinski definition) is 2. The van der Waals surface area contributed by atoms with Crippen molar-refractivity contribution in [1.29, 1.82) is 5.26 Å². The fraction of sp³-hybridized carbons (Fsp3) is 0.133. The molecule has 0 aliphatic heterocycles. The highest BCUT2D eigenvalue weighted by Gasteiger charge is 1.98. The second-order valence-electron chi connectivity index (χ2n) is 4.13. The van der Waals surface area contributed by atoms with E-state index in [9.17, 15) is 0 Å². The van der Waals surface area contributed by atoms with Crippen LogP contribution in [0.4, 0.5) is 5.69 Å². The van der Waals surface area contributed by atoms with Gasteiger partial charge in [-0.3, -0.25) is 0 Å². The molecule has 2 aromatic carbocycles. The molecule has 0 fully saturated rings. The van der Waals surface area contributed by atoms with Crippen molar-refractivity contribution in [3.8, 4) is 6.07 Å². The second kappa shape index (κ2) is 5.70. The van der Waals surface area contributed by atoms with Gasteiger partial charge in [-0.1, -0.05) is 28.1 Å². The lowest BCUT2D eigenvalue weighted by Crippen LogP contribution is -1.99. The summed E-state index contributed by atoms with van der Waals surface area (Å²) in [7, 11) is 0. The molecule has 2 nitrogen and oxygen atoms in total. The van der Waals surface area contributed by atoms with Crippen LogP contribution >= 0.6 is 15.9 Å². The average molecular weight is 301 g/mol. The smallest absolute Gasteiger partial charge is 0.0991 e.